The quantitative estimate of drug-likeness (QED) is 0.681. The van der Waals surface area contributed by atoms with Crippen LogP contribution in [-0.4, -0.2) is 6.23 Å². The Kier molecular flexibility index (Phi) is 4.64. The van der Waals surface area contributed by atoms with Crippen LogP contribution in [0.1, 0.15) is 28.7 Å². The highest BCUT2D eigenvalue weighted by Crippen LogP contribution is 2.47. The molecular formula is C20H18BrFN4O. The Hall–Kier alpha value is -2.40. The minimum Gasteiger partial charge on any atom is -0.458 e. The maximum atomic E-state index is 13.8. The van der Waals surface area contributed by atoms with Gasteiger partial charge in [-0.05, 0) is 46.1 Å². The third kappa shape index (κ3) is 3.10. The molecule has 2 aromatic rings. The second-order valence-corrected chi connectivity index (χ2v) is 7.69. The molecule has 2 heterocycles. The summed E-state index contributed by atoms with van der Waals surface area (Å²) in [7, 11) is 0. The molecular weight excluding hydrogens is 411 g/mol. The minimum atomic E-state index is -0.401. The van der Waals surface area contributed by atoms with Crippen molar-refractivity contribution in [2.75, 3.05) is 0 Å². The molecule has 0 radical (unpaired) electrons. The maximum Gasteiger partial charge on any atom is 0.200 e. The number of rotatable bonds is 2. The summed E-state index contributed by atoms with van der Waals surface area (Å²) in [6.07, 6.45) is -0.401. The highest BCUT2D eigenvalue weighted by Gasteiger charge is 2.49. The van der Waals surface area contributed by atoms with Crippen LogP contribution in [-0.2, 0) is 4.74 Å². The zero-order valence-corrected chi connectivity index (χ0v) is 16.1. The van der Waals surface area contributed by atoms with E-state index in [9.17, 15) is 9.65 Å². The molecule has 2 aromatic carbocycles. The molecule has 0 bridgehead atoms. The summed E-state index contributed by atoms with van der Waals surface area (Å²) in [6, 6.07) is 15.1. The van der Waals surface area contributed by atoms with Gasteiger partial charge < -0.3 is 10.5 Å². The average molecular weight is 429 g/mol. The monoisotopic (exact) mass is 428 g/mol. The number of fused-ring (bicyclic) bond motifs is 1. The summed E-state index contributed by atoms with van der Waals surface area (Å²) in [5.74, 6) is -0.718. The number of hydrogen-bond acceptors (Lipinski definition) is 5. The van der Waals surface area contributed by atoms with Crippen LogP contribution in [0.25, 0.3) is 0 Å². The number of ether oxygens (including phenoxy) is 1. The number of halogens is 2. The Labute approximate surface area is 165 Å². The van der Waals surface area contributed by atoms with Crippen LogP contribution in [0.3, 0.4) is 0 Å². The topological polar surface area (TPSA) is 83.1 Å². The number of nitrogens with zero attached hydrogens (tertiary/aromatic N) is 1. The lowest BCUT2D eigenvalue weighted by Gasteiger charge is -2.36. The van der Waals surface area contributed by atoms with E-state index in [0.717, 1.165) is 11.1 Å². The fraction of sp³-hybridized carbons (Fsp3) is 0.250. The molecule has 4 N–H and O–H groups in total. The van der Waals surface area contributed by atoms with Gasteiger partial charge in [-0.2, -0.15) is 5.26 Å². The minimum absolute atomic E-state index is 0.0964. The third-order valence-corrected chi connectivity index (χ3v) is 5.80. The Morgan fingerprint density at radius 2 is 1.85 bits per heavy atom. The van der Waals surface area contributed by atoms with Crippen LogP contribution >= 0.6 is 15.9 Å². The number of hydrogen-bond donors (Lipinski definition) is 3. The first-order valence-electron chi connectivity index (χ1n) is 8.58. The van der Waals surface area contributed by atoms with Crippen molar-refractivity contribution in [1.82, 2.24) is 10.9 Å². The Morgan fingerprint density at radius 3 is 2.52 bits per heavy atom. The van der Waals surface area contributed by atoms with Gasteiger partial charge in [-0.25, -0.2) is 15.2 Å². The molecule has 0 saturated carbocycles. The summed E-state index contributed by atoms with van der Waals surface area (Å²) in [5, 5.41) is 9.74. The third-order valence-electron chi connectivity index (χ3n) is 5.19. The summed E-state index contributed by atoms with van der Waals surface area (Å²) in [4.78, 5) is 0. The van der Waals surface area contributed by atoms with Gasteiger partial charge in [0.2, 0.25) is 5.88 Å². The zero-order chi connectivity index (χ0) is 19.1. The molecule has 0 spiro atoms. The van der Waals surface area contributed by atoms with E-state index in [1.54, 1.807) is 12.1 Å². The Balaban J connectivity index is 1.82. The molecule has 0 aliphatic carbocycles. The van der Waals surface area contributed by atoms with Crippen molar-refractivity contribution in [1.29, 1.82) is 5.26 Å². The first-order valence-corrected chi connectivity index (χ1v) is 9.38. The smallest absolute Gasteiger partial charge is 0.200 e. The van der Waals surface area contributed by atoms with Crippen molar-refractivity contribution >= 4 is 15.9 Å². The van der Waals surface area contributed by atoms with Gasteiger partial charge in [-0.15, -0.1) is 0 Å². The normalized spacial score (nSPS) is 27.0. The highest BCUT2D eigenvalue weighted by atomic mass is 79.9. The SMILES string of the molecule is Cc1ccc(C2NNC3OC(N)=C(C#N)C(c4ccc(F)c(Br)c4)C32)cc1. The lowest BCUT2D eigenvalue weighted by molar-refractivity contribution is 0.0340. The van der Waals surface area contributed by atoms with E-state index < -0.39 is 6.23 Å². The van der Waals surface area contributed by atoms with Crippen molar-refractivity contribution in [3.05, 3.63) is 80.9 Å². The summed E-state index contributed by atoms with van der Waals surface area (Å²) >= 11 is 3.24. The lowest BCUT2D eigenvalue weighted by Crippen LogP contribution is -2.41. The molecule has 7 heteroatoms. The molecule has 4 atom stereocenters. The number of nitrogens with one attached hydrogen (secondary N) is 2. The summed E-state index contributed by atoms with van der Waals surface area (Å²) < 4.78 is 19.9. The molecule has 1 fully saturated rings. The summed E-state index contributed by atoms with van der Waals surface area (Å²) in [5.41, 5.74) is 15.9. The standard InChI is InChI=1S/C20H18BrFN4O/c1-10-2-4-11(5-3-10)18-17-16(12-6-7-15(22)14(21)8-12)13(9-23)19(24)27-20(17)26-25-18/h2-8,16-18,20,25-26H,24H2,1H3. The largest absolute Gasteiger partial charge is 0.458 e. The zero-order valence-electron chi connectivity index (χ0n) is 14.5. The molecule has 138 valence electrons. The molecule has 0 aromatic heterocycles. The van der Waals surface area contributed by atoms with Gasteiger partial charge in [0, 0.05) is 11.8 Å². The van der Waals surface area contributed by atoms with Crippen LogP contribution in [0.5, 0.6) is 0 Å². The van der Waals surface area contributed by atoms with Gasteiger partial charge in [-0.3, -0.25) is 0 Å². The van der Waals surface area contributed by atoms with Crippen LogP contribution in [0.2, 0.25) is 0 Å². The second kappa shape index (κ2) is 6.97. The van der Waals surface area contributed by atoms with Gasteiger partial charge in [0.1, 0.15) is 11.9 Å². The van der Waals surface area contributed by atoms with Crippen molar-refractivity contribution in [3.63, 3.8) is 0 Å². The number of nitrogens with two attached hydrogens (primary N) is 1. The lowest BCUT2D eigenvalue weighted by atomic mass is 9.74. The molecule has 4 unspecified atom stereocenters. The number of hydrazine groups is 1. The van der Waals surface area contributed by atoms with Gasteiger partial charge in [-0.1, -0.05) is 35.9 Å². The second-order valence-electron chi connectivity index (χ2n) is 6.83. The number of aryl methyl sites for hydroxylation is 1. The van der Waals surface area contributed by atoms with Crippen LogP contribution < -0.4 is 16.6 Å². The maximum absolute atomic E-state index is 13.8. The number of nitriles is 1. The van der Waals surface area contributed by atoms with E-state index in [2.05, 4.69) is 45.0 Å². The van der Waals surface area contributed by atoms with E-state index >= 15 is 0 Å². The number of allylic oxidation sites excluding steroid dienone is 1. The summed E-state index contributed by atoms with van der Waals surface area (Å²) in [6.45, 7) is 2.03. The molecule has 4 rings (SSSR count). The van der Waals surface area contributed by atoms with E-state index in [-0.39, 0.29) is 29.6 Å². The van der Waals surface area contributed by atoms with Crippen molar-refractivity contribution in [3.8, 4) is 6.07 Å². The molecule has 1 saturated heterocycles. The van der Waals surface area contributed by atoms with E-state index in [1.165, 1.54) is 11.6 Å². The van der Waals surface area contributed by atoms with Crippen LogP contribution in [0.15, 0.2) is 58.4 Å². The molecule has 5 nitrogen and oxygen atoms in total. The number of benzene rings is 2. The Bertz CT molecular complexity index is 953. The van der Waals surface area contributed by atoms with Gasteiger partial charge in [0.05, 0.1) is 16.1 Å². The van der Waals surface area contributed by atoms with Crippen molar-refractivity contribution in [2.45, 2.75) is 25.1 Å². The molecule has 0 amide bonds. The average Bonchev–Trinajstić information content (AvgIpc) is 3.07. The molecule has 27 heavy (non-hydrogen) atoms. The van der Waals surface area contributed by atoms with Gasteiger partial charge in [0.25, 0.3) is 0 Å². The van der Waals surface area contributed by atoms with Crippen LogP contribution in [0.4, 0.5) is 4.39 Å². The van der Waals surface area contributed by atoms with Gasteiger partial charge in [0.15, 0.2) is 6.23 Å². The molecule has 2 aliphatic rings. The van der Waals surface area contributed by atoms with Crippen molar-refractivity contribution in [2.24, 2.45) is 11.7 Å². The highest BCUT2D eigenvalue weighted by molar-refractivity contribution is 9.10. The van der Waals surface area contributed by atoms with E-state index in [4.69, 9.17) is 10.5 Å². The van der Waals surface area contributed by atoms with E-state index in [1.807, 2.05) is 19.1 Å². The first-order chi connectivity index (χ1) is 13.0. The van der Waals surface area contributed by atoms with Crippen molar-refractivity contribution < 1.29 is 9.13 Å². The predicted octanol–water partition coefficient (Wildman–Crippen LogP) is 3.50. The first kappa shape index (κ1) is 18.0. The fourth-order valence-corrected chi connectivity index (χ4v) is 4.26. The van der Waals surface area contributed by atoms with Crippen LogP contribution in [0, 0.1) is 30.0 Å². The fourth-order valence-electron chi connectivity index (χ4n) is 3.86. The Morgan fingerprint density at radius 1 is 1.15 bits per heavy atom. The van der Waals surface area contributed by atoms with Gasteiger partial charge >= 0.3 is 0 Å². The molecule has 2 aliphatic heterocycles. The van der Waals surface area contributed by atoms with E-state index in [0.29, 0.717) is 10.0 Å². The predicted molar refractivity (Wildman–Crippen MR) is 102 cm³/mol.